The maximum atomic E-state index is 12.5. The van der Waals surface area contributed by atoms with E-state index >= 15 is 0 Å². The number of nitrogens with one attached hydrogen (secondary N) is 2. The van der Waals surface area contributed by atoms with E-state index in [9.17, 15) is 8.42 Å². The largest absolute Gasteiger partial charge is 0.363 e. The first-order valence-corrected chi connectivity index (χ1v) is 9.00. The van der Waals surface area contributed by atoms with Gasteiger partial charge in [0.05, 0.1) is 16.1 Å². The van der Waals surface area contributed by atoms with Crippen LogP contribution in [-0.4, -0.2) is 36.3 Å². The van der Waals surface area contributed by atoms with Gasteiger partial charge in [-0.05, 0) is 19.5 Å². The fraction of sp³-hybridized carbons (Fsp3) is 0.462. The van der Waals surface area contributed by atoms with Crippen molar-refractivity contribution < 1.29 is 8.42 Å². The van der Waals surface area contributed by atoms with E-state index in [-0.39, 0.29) is 0 Å². The second-order valence-electron chi connectivity index (χ2n) is 4.76. The average Bonchev–Trinajstić information content (AvgIpc) is 3.06. The van der Waals surface area contributed by atoms with Crippen LogP contribution in [0.15, 0.2) is 22.7 Å². The van der Waals surface area contributed by atoms with Crippen LogP contribution in [0.25, 0.3) is 0 Å². The Balaban J connectivity index is 2.13. The number of aryl methyl sites for hydroxylation is 1. The van der Waals surface area contributed by atoms with Crippen molar-refractivity contribution in [3.05, 3.63) is 34.0 Å². The summed E-state index contributed by atoms with van der Waals surface area (Å²) in [5, 5.41) is 3.16. The Morgan fingerprint density at radius 1 is 1.48 bits per heavy atom. The fourth-order valence-corrected chi connectivity index (χ4v) is 3.94. The summed E-state index contributed by atoms with van der Waals surface area (Å²) in [6.07, 6.45) is 1.54. The first-order valence-electron chi connectivity index (χ1n) is 6.68. The first kappa shape index (κ1) is 16.2. The van der Waals surface area contributed by atoms with E-state index in [0.717, 1.165) is 22.8 Å². The van der Waals surface area contributed by atoms with Gasteiger partial charge >= 0.3 is 0 Å². The highest BCUT2D eigenvalue weighted by molar-refractivity contribution is 7.89. The van der Waals surface area contributed by atoms with Crippen molar-refractivity contribution in [2.45, 2.75) is 31.8 Å². The van der Waals surface area contributed by atoms with Gasteiger partial charge in [0.25, 0.3) is 0 Å². The van der Waals surface area contributed by atoms with Crippen molar-refractivity contribution >= 4 is 21.4 Å². The molecule has 2 aromatic heterocycles. The van der Waals surface area contributed by atoms with Gasteiger partial charge in [0.2, 0.25) is 10.0 Å². The van der Waals surface area contributed by atoms with Gasteiger partial charge in [-0.2, -0.15) is 4.31 Å². The maximum Gasteiger partial charge on any atom is 0.244 e. The van der Waals surface area contributed by atoms with E-state index in [1.54, 1.807) is 18.6 Å². The van der Waals surface area contributed by atoms with E-state index in [2.05, 4.69) is 15.3 Å². The molecule has 0 bridgehead atoms. The third kappa shape index (κ3) is 3.70. The average molecular weight is 328 g/mol. The summed E-state index contributed by atoms with van der Waals surface area (Å²) < 4.78 is 26.4. The summed E-state index contributed by atoms with van der Waals surface area (Å²) in [4.78, 5) is 8.39. The molecule has 0 aromatic carbocycles. The van der Waals surface area contributed by atoms with Gasteiger partial charge in [-0.15, -0.1) is 11.3 Å². The van der Waals surface area contributed by atoms with Crippen LogP contribution in [0.3, 0.4) is 0 Å². The van der Waals surface area contributed by atoms with Crippen molar-refractivity contribution in [1.82, 2.24) is 19.6 Å². The Bertz CT molecular complexity index is 691. The Labute approximate surface area is 129 Å². The molecule has 0 saturated carbocycles. The van der Waals surface area contributed by atoms with Gasteiger partial charge in [0.15, 0.2) is 0 Å². The van der Waals surface area contributed by atoms with E-state index in [1.165, 1.54) is 21.8 Å². The standard InChI is InChI=1S/C13H20N4O2S2/c1-4-14-6-11-5-12(7-15-11)21(18,19)17(3)8-13-10(2)16-9-20-13/h5,7,9,14-15H,4,6,8H2,1-3H3. The number of H-pyrrole nitrogens is 1. The minimum atomic E-state index is -3.48. The number of thiazole rings is 1. The number of sulfonamides is 1. The van der Waals surface area contributed by atoms with Crippen LogP contribution in [0, 0.1) is 6.92 Å². The molecule has 0 aliphatic rings. The first-order chi connectivity index (χ1) is 9.95. The molecule has 116 valence electrons. The minimum absolute atomic E-state index is 0.292. The van der Waals surface area contributed by atoms with E-state index < -0.39 is 10.0 Å². The van der Waals surface area contributed by atoms with Crippen molar-refractivity contribution in [3.63, 3.8) is 0 Å². The number of hydrogen-bond donors (Lipinski definition) is 2. The van der Waals surface area contributed by atoms with Crippen molar-refractivity contribution in [2.75, 3.05) is 13.6 Å². The summed E-state index contributed by atoms with van der Waals surface area (Å²) in [5.74, 6) is 0. The lowest BCUT2D eigenvalue weighted by atomic mass is 10.4. The molecule has 6 nitrogen and oxygen atoms in total. The van der Waals surface area contributed by atoms with Gasteiger partial charge in [0.1, 0.15) is 0 Å². The molecule has 0 saturated heterocycles. The molecule has 2 N–H and O–H groups in total. The molecule has 0 aliphatic carbocycles. The molecule has 0 fully saturated rings. The Morgan fingerprint density at radius 2 is 2.24 bits per heavy atom. The number of aromatic nitrogens is 2. The molecule has 0 spiro atoms. The molecule has 0 atom stereocenters. The highest BCUT2D eigenvalue weighted by Gasteiger charge is 2.23. The number of hydrogen-bond acceptors (Lipinski definition) is 5. The summed E-state index contributed by atoms with van der Waals surface area (Å²) in [6, 6.07) is 1.67. The van der Waals surface area contributed by atoms with Crippen LogP contribution in [0.4, 0.5) is 0 Å². The SMILES string of the molecule is CCNCc1cc(S(=O)(=O)N(C)Cc2scnc2C)c[nH]1. The predicted molar refractivity (Wildman–Crippen MR) is 83.7 cm³/mol. The summed E-state index contributed by atoms with van der Waals surface area (Å²) in [7, 11) is -1.89. The smallest absolute Gasteiger partial charge is 0.244 e. The van der Waals surface area contributed by atoms with Crippen molar-refractivity contribution in [3.8, 4) is 0 Å². The van der Waals surface area contributed by atoms with Crippen LogP contribution in [0.2, 0.25) is 0 Å². The highest BCUT2D eigenvalue weighted by Crippen LogP contribution is 2.20. The van der Waals surface area contributed by atoms with Crippen LogP contribution < -0.4 is 5.32 Å². The zero-order valence-electron chi connectivity index (χ0n) is 12.4. The zero-order valence-corrected chi connectivity index (χ0v) is 14.0. The van der Waals surface area contributed by atoms with Gasteiger partial charge in [0, 0.05) is 36.9 Å². The number of rotatable bonds is 7. The summed E-state index contributed by atoms with van der Waals surface area (Å²) in [5.41, 5.74) is 3.47. The normalized spacial score (nSPS) is 12.2. The Hall–Kier alpha value is -1.22. The van der Waals surface area contributed by atoms with Gasteiger partial charge in [-0.25, -0.2) is 13.4 Å². The molecular weight excluding hydrogens is 308 g/mol. The molecule has 2 heterocycles. The number of aromatic amines is 1. The number of nitrogens with zero attached hydrogens (tertiary/aromatic N) is 2. The lowest BCUT2D eigenvalue weighted by Gasteiger charge is -2.15. The molecule has 0 aliphatic heterocycles. The molecular formula is C13H20N4O2S2. The van der Waals surface area contributed by atoms with Gasteiger partial charge in [-0.3, -0.25) is 0 Å². The summed E-state index contributed by atoms with van der Waals surface area (Å²) >= 11 is 1.47. The van der Waals surface area contributed by atoms with Gasteiger partial charge < -0.3 is 10.3 Å². The molecule has 2 rings (SSSR count). The second kappa shape index (κ2) is 6.69. The maximum absolute atomic E-state index is 12.5. The highest BCUT2D eigenvalue weighted by atomic mass is 32.2. The Kier molecular flexibility index (Phi) is 5.15. The second-order valence-corrected chi connectivity index (χ2v) is 7.75. The summed E-state index contributed by atoms with van der Waals surface area (Å²) in [6.45, 7) is 5.70. The zero-order chi connectivity index (χ0) is 15.5. The fourth-order valence-electron chi connectivity index (χ4n) is 1.87. The minimum Gasteiger partial charge on any atom is -0.363 e. The Morgan fingerprint density at radius 3 is 2.86 bits per heavy atom. The topological polar surface area (TPSA) is 78.1 Å². The predicted octanol–water partition coefficient (Wildman–Crippen LogP) is 1.71. The van der Waals surface area contributed by atoms with Crippen molar-refractivity contribution in [2.24, 2.45) is 0 Å². The molecule has 0 radical (unpaired) electrons. The lowest BCUT2D eigenvalue weighted by molar-refractivity contribution is 0.469. The quantitative estimate of drug-likeness (QED) is 0.811. The van der Waals surface area contributed by atoms with Gasteiger partial charge in [-0.1, -0.05) is 6.92 Å². The molecule has 0 amide bonds. The van der Waals surface area contributed by atoms with Crippen LogP contribution in [0.1, 0.15) is 23.2 Å². The molecule has 21 heavy (non-hydrogen) atoms. The third-order valence-corrected chi connectivity index (χ3v) is 5.90. The molecule has 0 unspecified atom stereocenters. The van der Waals surface area contributed by atoms with Crippen molar-refractivity contribution in [1.29, 1.82) is 0 Å². The van der Waals surface area contributed by atoms with E-state index in [0.29, 0.717) is 18.0 Å². The van der Waals surface area contributed by atoms with E-state index in [1.807, 2.05) is 13.8 Å². The van der Waals surface area contributed by atoms with Crippen LogP contribution in [-0.2, 0) is 23.1 Å². The molecule has 8 heteroatoms. The lowest BCUT2D eigenvalue weighted by Crippen LogP contribution is -2.26. The monoisotopic (exact) mass is 328 g/mol. The van der Waals surface area contributed by atoms with Crippen LogP contribution in [0.5, 0.6) is 0 Å². The molecule has 2 aromatic rings. The third-order valence-electron chi connectivity index (χ3n) is 3.20. The van der Waals surface area contributed by atoms with E-state index in [4.69, 9.17) is 0 Å². The van der Waals surface area contributed by atoms with Crippen LogP contribution >= 0.6 is 11.3 Å².